The standard InChI is InChI=1S/C24H24BrNO4/c1-14-11-18(25)9-10-19(14)26-20(27)13-30-24(29)22-17-8-7-16(12-17)21(22)23(28)15-5-3-2-4-6-15/h2-6,9-11,16-17,21-22H,7-8,12-13H2,1H3,(H,26,27)/t16-,17-,21-,22-/m0/s1. The SMILES string of the molecule is Cc1cc(Br)ccc1NC(=O)COC(=O)[C@H]1[C@H]2CC[C@@H](C2)[C@@H]1C(=O)c1ccccc1. The summed E-state index contributed by atoms with van der Waals surface area (Å²) in [5.41, 5.74) is 2.22. The van der Waals surface area contributed by atoms with Crippen LogP contribution in [0, 0.1) is 30.6 Å². The molecule has 1 amide bonds. The van der Waals surface area contributed by atoms with Gasteiger partial charge in [-0.1, -0.05) is 46.3 Å². The normalized spacial score (nSPS) is 24.5. The number of rotatable bonds is 6. The number of anilines is 1. The minimum absolute atomic E-state index is 0.0136. The maximum atomic E-state index is 13.1. The highest BCUT2D eigenvalue weighted by molar-refractivity contribution is 9.10. The fourth-order valence-electron chi connectivity index (χ4n) is 4.99. The first-order valence-corrected chi connectivity index (χ1v) is 11.0. The van der Waals surface area contributed by atoms with Crippen molar-refractivity contribution in [1.29, 1.82) is 0 Å². The van der Waals surface area contributed by atoms with Crippen LogP contribution in [-0.4, -0.2) is 24.3 Å². The third kappa shape index (κ3) is 4.19. The van der Waals surface area contributed by atoms with Gasteiger partial charge in [-0.25, -0.2) is 0 Å². The number of esters is 1. The highest BCUT2D eigenvalue weighted by atomic mass is 79.9. The van der Waals surface area contributed by atoms with Crippen LogP contribution in [0.3, 0.4) is 0 Å². The van der Waals surface area contributed by atoms with E-state index < -0.39 is 11.9 Å². The van der Waals surface area contributed by atoms with Crippen LogP contribution in [0.1, 0.15) is 35.2 Å². The first-order valence-electron chi connectivity index (χ1n) is 10.3. The molecule has 156 valence electrons. The maximum absolute atomic E-state index is 13.1. The minimum atomic E-state index is -0.460. The number of carbonyl (C=O) groups is 3. The Morgan fingerprint density at radius 1 is 1.03 bits per heavy atom. The Labute approximate surface area is 184 Å². The first-order chi connectivity index (χ1) is 14.4. The lowest BCUT2D eigenvalue weighted by Crippen LogP contribution is -2.37. The van der Waals surface area contributed by atoms with E-state index in [1.165, 1.54) is 0 Å². The van der Waals surface area contributed by atoms with Crippen molar-refractivity contribution in [2.24, 2.45) is 23.7 Å². The van der Waals surface area contributed by atoms with Gasteiger partial charge in [0.15, 0.2) is 12.4 Å². The molecule has 4 atom stereocenters. The van der Waals surface area contributed by atoms with Crippen molar-refractivity contribution in [2.75, 3.05) is 11.9 Å². The molecule has 5 nitrogen and oxygen atoms in total. The van der Waals surface area contributed by atoms with Gasteiger partial charge in [0.25, 0.3) is 5.91 Å². The molecule has 0 aromatic heterocycles. The summed E-state index contributed by atoms with van der Waals surface area (Å²) in [6.07, 6.45) is 2.79. The molecule has 1 N–H and O–H groups in total. The molecule has 0 saturated heterocycles. The van der Waals surface area contributed by atoms with E-state index in [2.05, 4.69) is 21.2 Å². The second-order valence-corrected chi connectivity index (χ2v) is 9.15. The van der Waals surface area contributed by atoms with Crippen LogP contribution in [0.2, 0.25) is 0 Å². The average Bonchev–Trinajstić information content (AvgIpc) is 3.36. The van der Waals surface area contributed by atoms with Gasteiger partial charge in [-0.05, 0) is 61.8 Å². The summed E-state index contributed by atoms with van der Waals surface area (Å²) in [7, 11) is 0. The highest BCUT2D eigenvalue weighted by Crippen LogP contribution is 2.53. The molecule has 4 rings (SSSR count). The second kappa shape index (κ2) is 8.72. The summed E-state index contributed by atoms with van der Waals surface area (Å²) in [6.45, 7) is 1.54. The maximum Gasteiger partial charge on any atom is 0.310 e. The molecule has 0 aliphatic heterocycles. The number of carbonyl (C=O) groups excluding carboxylic acids is 3. The Balaban J connectivity index is 1.40. The lowest BCUT2D eigenvalue weighted by atomic mass is 9.75. The monoisotopic (exact) mass is 469 g/mol. The summed E-state index contributed by atoms with van der Waals surface area (Å²) < 4.78 is 6.31. The molecule has 2 aliphatic rings. The summed E-state index contributed by atoms with van der Waals surface area (Å²) in [6, 6.07) is 14.7. The zero-order valence-electron chi connectivity index (χ0n) is 16.8. The summed E-state index contributed by atoms with van der Waals surface area (Å²) in [5.74, 6) is -1.23. The number of hydrogen-bond acceptors (Lipinski definition) is 4. The highest BCUT2D eigenvalue weighted by Gasteiger charge is 2.54. The average molecular weight is 470 g/mol. The number of amides is 1. The van der Waals surface area contributed by atoms with Crippen LogP contribution in [0.5, 0.6) is 0 Å². The smallest absolute Gasteiger partial charge is 0.310 e. The van der Waals surface area contributed by atoms with Gasteiger partial charge in [-0.15, -0.1) is 0 Å². The van der Waals surface area contributed by atoms with Crippen LogP contribution >= 0.6 is 15.9 Å². The second-order valence-electron chi connectivity index (χ2n) is 8.23. The molecular weight excluding hydrogens is 446 g/mol. The van der Waals surface area contributed by atoms with E-state index in [1.54, 1.807) is 18.2 Å². The predicted octanol–water partition coefficient (Wildman–Crippen LogP) is 4.78. The van der Waals surface area contributed by atoms with E-state index in [0.717, 1.165) is 29.3 Å². The first kappa shape index (κ1) is 20.8. The molecule has 2 bridgehead atoms. The largest absolute Gasteiger partial charge is 0.455 e. The third-order valence-corrected chi connectivity index (χ3v) is 6.85. The molecule has 30 heavy (non-hydrogen) atoms. The van der Waals surface area contributed by atoms with Gasteiger partial charge in [-0.2, -0.15) is 0 Å². The van der Waals surface area contributed by atoms with Crippen LogP contribution in [0.25, 0.3) is 0 Å². The third-order valence-electron chi connectivity index (χ3n) is 6.36. The van der Waals surface area contributed by atoms with Crippen molar-refractivity contribution in [3.63, 3.8) is 0 Å². The molecule has 0 unspecified atom stereocenters. The number of Topliss-reactive ketones (excluding diaryl/α,β-unsaturated/α-hetero) is 1. The van der Waals surface area contributed by atoms with E-state index >= 15 is 0 Å². The van der Waals surface area contributed by atoms with E-state index in [4.69, 9.17) is 4.74 Å². The van der Waals surface area contributed by atoms with E-state index in [0.29, 0.717) is 11.3 Å². The van der Waals surface area contributed by atoms with Crippen molar-refractivity contribution in [3.05, 3.63) is 64.1 Å². The van der Waals surface area contributed by atoms with Crippen molar-refractivity contribution in [1.82, 2.24) is 0 Å². The van der Waals surface area contributed by atoms with Crippen molar-refractivity contribution in [2.45, 2.75) is 26.2 Å². The van der Waals surface area contributed by atoms with Crippen LogP contribution in [-0.2, 0) is 14.3 Å². The van der Waals surface area contributed by atoms with Crippen LogP contribution in [0.4, 0.5) is 5.69 Å². The quantitative estimate of drug-likeness (QED) is 0.487. The van der Waals surface area contributed by atoms with Crippen molar-refractivity contribution in [3.8, 4) is 0 Å². The molecule has 2 saturated carbocycles. The molecule has 0 spiro atoms. The Morgan fingerprint density at radius 2 is 1.73 bits per heavy atom. The molecule has 0 radical (unpaired) electrons. The Bertz CT molecular complexity index is 974. The van der Waals surface area contributed by atoms with Crippen LogP contribution < -0.4 is 5.32 Å². The zero-order valence-corrected chi connectivity index (χ0v) is 18.4. The van der Waals surface area contributed by atoms with Gasteiger partial charge < -0.3 is 10.1 Å². The van der Waals surface area contributed by atoms with E-state index in [9.17, 15) is 14.4 Å². The van der Waals surface area contributed by atoms with Gasteiger partial charge in [0.1, 0.15) is 0 Å². The van der Waals surface area contributed by atoms with E-state index in [-0.39, 0.29) is 36.1 Å². The van der Waals surface area contributed by atoms with Crippen molar-refractivity contribution < 1.29 is 19.1 Å². The molecule has 2 aromatic rings. The van der Waals surface area contributed by atoms with Gasteiger partial charge in [-0.3, -0.25) is 14.4 Å². The molecule has 2 aliphatic carbocycles. The van der Waals surface area contributed by atoms with Crippen LogP contribution in [0.15, 0.2) is 53.0 Å². The molecule has 2 aromatic carbocycles. The predicted molar refractivity (Wildman–Crippen MR) is 117 cm³/mol. The lowest BCUT2D eigenvalue weighted by Gasteiger charge is -2.28. The Kier molecular flexibility index (Phi) is 6.04. The Hall–Kier alpha value is -2.47. The zero-order chi connectivity index (χ0) is 21.3. The van der Waals surface area contributed by atoms with Gasteiger partial charge in [0, 0.05) is 21.6 Å². The van der Waals surface area contributed by atoms with E-state index in [1.807, 2.05) is 37.3 Å². The van der Waals surface area contributed by atoms with Gasteiger partial charge in [0.05, 0.1) is 5.92 Å². The summed E-state index contributed by atoms with van der Waals surface area (Å²) in [5, 5.41) is 2.77. The number of hydrogen-bond donors (Lipinski definition) is 1. The molecular formula is C24H24BrNO4. The topological polar surface area (TPSA) is 72.5 Å². The molecule has 2 fully saturated rings. The van der Waals surface area contributed by atoms with Gasteiger partial charge >= 0.3 is 5.97 Å². The van der Waals surface area contributed by atoms with Crippen molar-refractivity contribution >= 4 is 39.3 Å². The molecule has 0 heterocycles. The number of ketones is 1. The lowest BCUT2D eigenvalue weighted by molar-refractivity contribution is -0.154. The summed E-state index contributed by atoms with van der Waals surface area (Å²) >= 11 is 3.39. The number of aryl methyl sites for hydroxylation is 1. The fraction of sp³-hybridized carbons (Fsp3) is 0.375. The number of nitrogens with one attached hydrogen (secondary N) is 1. The number of halogens is 1. The van der Waals surface area contributed by atoms with Gasteiger partial charge in [0.2, 0.25) is 0 Å². The fourth-order valence-corrected chi connectivity index (χ4v) is 5.46. The summed E-state index contributed by atoms with van der Waals surface area (Å²) in [4.78, 5) is 38.3. The Morgan fingerprint density at radius 3 is 2.43 bits per heavy atom. The minimum Gasteiger partial charge on any atom is -0.455 e. The number of fused-ring (bicyclic) bond motifs is 2. The number of benzene rings is 2. The molecule has 6 heteroatoms. The number of ether oxygens (including phenoxy) is 1.